The van der Waals surface area contributed by atoms with Crippen LogP contribution in [0.5, 0.6) is 40.2 Å². The van der Waals surface area contributed by atoms with Gasteiger partial charge in [0.1, 0.15) is 12.9 Å². The van der Waals surface area contributed by atoms with E-state index in [1.54, 1.807) is 30.3 Å². The third-order valence-corrected chi connectivity index (χ3v) is 6.96. The summed E-state index contributed by atoms with van der Waals surface area (Å²) in [5, 5.41) is 0.184. The van der Waals surface area contributed by atoms with Crippen LogP contribution in [0.15, 0.2) is 57.9 Å². The Morgan fingerprint density at radius 1 is 0.761 bits per heavy atom. The lowest BCUT2D eigenvalue weighted by molar-refractivity contribution is -0.145. The molecule has 13 heteroatoms. The van der Waals surface area contributed by atoms with E-state index in [1.165, 1.54) is 60.5 Å². The molecule has 46 heavy (non-hydrogen) atoms. The molecular weight excluding hydrogens is 604 g/mol. The van der Waals surface area contributed by atoms with Crippen molar-refractivity contribution >= 4 is 28.9 Å². The Labute approximate surface area is 262 Å². The molecule has 0 radical (unpaired) electrons. The van der Waals surface area contributed by atoms with Gasteiger partial charge in [-0.15, -0.1) is 0 Å². The van der Waals surface area contributed by atoms with Crippen molar-refractivity contribution in [1.29, 1.82) is 0 Å². The van der Waals surface area contributed by atoms with Crippen LogP contribution >= 0.6 is 0 Å². The van der Waals surface area contributed by atoms with Gasteiger partial charge in [-0.1, -0.05) is 6.07 Å². The van der Waals surface area contributed by atoms with Gasteiger partial charge in [0.15, 0.2) is 46.5 Å². The Kier molecular flexibility index (Phi) is 9.03. The Morgan fingerprint density at radius 3 is 2.04 bits per heavy atom. The first-order valence-corrected chi connectivity index (χ1v) is 13.9. The van der Waals surface area contributed by atoms with Gasteiger partial charge in [0.25, 0.3) is 0 Å². The maximum Gasteiger partial charge on any atom is 0.308 e. The van der Waals surface area contributed by atoms with Gasteiger partial charge in [0, 0.05) is 26.3 Å². The monoisotopic (exact) mass is 634 g/mol. The van der Waals surface area contributed by atoms with Crippen LogP contribution in [0.25, 0.3) is 22.1 Å². The predicted molar refractivity (Wildman–Crippen MR) is 161 cm³/mol. The van der Waals surface area contributed by atoms with Crippen LogP contribution in [0.2, 0.25) is 0 Å². The minimum Gasteiger partial charge on any atom is -0.493 e. The molecule has 2 heterocycles. The van der Waals surface area contributed by atoms with Gasteiger partial charge in [-0.2, -0.15) is 0 Å². The molecule has 5 rings (SSSR count). The quantitative estimate of drug-likeness (QED) is 0.183. The van der Waals surface area contributed by atoms with E-state index in [0.29, 0.717) is 16.9 Å². The second kappa shape index (κ2) is 13.1. The molecule has 0 amide bonds. The summed E-state index contributed by atoms with van der Waals surface area (Å²) < 4.78 is 50.7. The molecule has 0 saturated carbocycles. The average molecular weight is 635 g/mol. The number of carbonyl (C=O) groups is 3. The molecule has 0 saturated heterocycles. The summed E-state index contributed by atoms with van der Waals surface area (Å²) in [7, 11) is 4.24. The predicted octanol–water partition coefficient (Wildman–Crippen LogP) is 4.78. The van der Waals surface area contributed by atoms with Crippen molar-refractivity contribution in [2.45, 2.75) is 33.0 Å². The lowest BCUT2D eigenvalue weighted by atomic mass is 10.0. The lowest BCUT2D eigenvalue weighted by Crippen LogP contribution is -2.37. The highest BCUT2D eigenvalue weighted by Crippen LogP contribution is 2.47. The fourth-order valence-electron chi connectivity index (χ4n) is 4.98. The van der Waals surface area contributed by atoms with Gasteiger partial charge in [0.2, 0.25) is 16.9 Å². The molecule has 0 N–H and O–H groups in total. The minimum absolute atomic E-state index is 0.0790. The van der Waals surface area contributed by atoms with Crippen LogP contribution in [-0.2, 0) is 19.1 Å². The van der Waals surface area contributed by atoms with E-state index in [9.17, 15) is 19.2 Å². The smallest absolute Gasteiger partial charge is 0.308 e. The molecule has 4 aromatic rings. The summed E-state index contributed by atoms with van der Waals surface area (Å²) in [6.45, 7) is 3.54. The molecule has 0 fully saturated rings. The van der Waals surface area contributed by atoms with Gasteiger partial charge >= 0.3 is 17.9 Å². The third kappa shape index (κ3) is 6.25. The summed E-state index contributed by atoms with van der Waals surface area (Å²) in [5.74, 6) is -0.381. The molecule has 2 atom stereocenters. The number of esters is 3. The Balaban J connectivity index is 1.58. The number of hydrogen-bond acceptors (Lipinski definition) is 13. The van der Waals surface area contributed by atoms with E-state index in [-0.39, 0.29) is 63.1 Å². The molecule has 1 aliphatic heterocycles. The lowest BCUT2D eigenvalue weighted by Gasteiger charge is -2.34. The SMILES string of the molecule is COc1ccc(-c2coc3c4c(ccc3c2=O)OC(c2cc(OC)c(OC(C)=O)c(OC)c2)C(COC(C)=O)O4)cc1OC(C)=O. The largest absolute Gasteiger partial charge is 0.493 e. The number of rotatable bonds is 9. The number of carbonyl (C=O) groups excluding carboxylic acids is 3. The molecule has 0 aliphatic carbocycles. The van der Waals surface area contributed by atoms with Gasteiger partial charge in [0.05, 0.1) is 32.3 Å². The number of ether oxygens (including phenoxy) is 8. The molecule has 1 aliphatic rings. The van der Waals surface area contributed by atoms with Gasteiger partial charge in [-0.05, 0) is 42.0 Å². The zero-order valence-corrected chi connectivity index (χ0v) is 25.8. The topological polar surface area (TPSA) is 155 Å². The normalized spacial score (nSPS) is 15.1. The summed E-state index contributed by atoms with van der Waals surface area (Å²) in [4.78, 5) is 48.8. The molecule has 1 aromatic heterocycles. The zero-order chi connectivity index (χ0) is 33.1. The Morgan fingerprint density at radius 2 is 1.43 bits per heavy atom. The van der Waals surface area contributed by atoms with Crippen LogP contribution in [0.4, 0.5) is 0 Å². The van der Waals surface area contributed by atoms with E-state index in [4.69, 9.17) is 42.3 Å². The molecule has 3 aromatic carbocycles. The molecule has 0 spiro atoms. The van der Waals surface area contributed by atoms with Gasteiger partial charge in [-0.25, -0.2) is 0 Å². The van der Waals surface area contributed by atoms with Crippen LogP contribution in [0.1, 0.15) is 32.4 Å². The summed E-state index contributed by atoms with van der Waals surface area (Å²) >= 11 is 0. The molecule has 2 unspecified atom stereocenters. The highest BCUT2D eigenvalue weighted by molar-refractivity contribution is 5.89. The molecular formula is C33H30O13. The van der Waals surface area contributed by atoms with Crippen LogP contribution in [-0.4, -0.2) is 51.9 Å². The van der Waals surface area contributed by atoms with Crippen molar-refractivity contribution in [3.8, 4) is 51.4 Å². The standard InChI is InChI=1S/C33H30O13/c1-16(34)41-15-28-30(20-12-26(39-5)32(44-18(3)36)27(13-20)40-6)45-24-10-8-21-29(37)22(14-42-31(21)33(24)46-28)19-7-9-23(38-4)25(11-19)43-17(2)35/h7-14,28,30H,15H2,1-6H3. The maximum atomic E-state index is 13.7. The second-order valence-electron chi connectivity index (χ2n) is 10.1. The Bertz CT molecular complexity index is 1870. The van der Waals surface area contributed by atoms with Gasteiger partial charge < -0.3 is 42.3 Å². The average Bonchev–Trinajstić information content (AvgIpc) is 3.02. The fourth-order valence-corrected chi connectivity index (χ4v) is 4.98. The number of benzene rings is 3. The number of methoxy groups -OCH3 is 3. The van der Waals surface area contributed by atoms with Crippen LogP contribution in [0, 0.1) is 0 Å². The van der Waals surface area contributed by atoms with Crippen LogP contribution in [0.3, 0.4) is 0 Å². The first-order chi connectivity index (χ1) is 22.0. The summed E-state index contributed by atoms with van der Waals surface area (Å²) in [6.07, 6.45) is -0.526. The first-order valence-electron chi connectivity index (χ1n) is 13.9. The molecule has 240 valence electrons. The van der Waals surface area contributed by atoms with Crippen molar-refractivity contribution in [2.75, 3.05) is 27.9 Å². The van der Waals surface area contributed by atoms with Crippen molar-refractivity contribution in [3.63, 3.8) is 0 Å². The van der Waals surface area contributed by atoms with Gasteiger partial charge in [-0.3, -0.25) is 19.2 Å². The van der Waals surface area contributed by atoms with E-state index in [1.807, 2.05) is 0 Å². The highest BCUT2D eigenvalue weighted by atomic mass is 16.6. The van der Waals surface area contributed by atoms with Crippen molar-refractivity contribution in [1.82, 2.24) is 0 Å². The van der Waals surface area contributed by atoms with E-state index in [0.717, 1.165) is 0 Å². The number of hydrogen-bond donors (Lipinski definition) is 0. The van der Waals surface area contributed by atoms with E-state index >= 15 is 0 Å². The Hall–Kier alpha value is -5.72. The molecule has 0 bridgehead atoms. The van der Waals surface area contributed by atoms with E-state index in [2.05, 4.69) is 0 Å². The van der Waals surface area contributed by atoms with Crippen LogP contribution < -0.4 is 38.6 Å². The highest BCUT2D eigenvalue weighted by Gasteiger charge is 2.37. The van der Waals surface area contributed by atoms with Crippen molar-refractivity contribution < 1.29 is 56.7 Å². The third-order valence-electron chi connectivity index (χ3n) is 6.96. The maximum absolute atomic E-state index is 13.7. The minimum atomic E-state index is -0.922. The number of fused-ring (bicyclic) bond motifs is 3. The fraction of sp³-hybridized carbons (Fsp3) is 0.273. The van der Waals surface area contributed by atoms with Crippen molar-refractivity contribution in [3.05, 3.63) is 64.5 Å². The van der Waals surface area contributed by atoms with E-state index < -0.39 is 30.1 Å². The summed E-state index contributed by atoms with van der Waals surface area (Å²) in [5.41, 5.74) is 0.830. The second-order valence-corrected chi connectivity index (χ2v) is 10.1. The molecule has 13 nitrogen and oxygen atoms in total. The van der Waals surface area contributed by atoms with Crippen molar-refractivity contribution in [2.24, 2.45) is 0 Å². The zero-order valence-electron chi connectivity index (χ0n) is 25.8. The first kappa shape index (κ1) is 31.7. The summed E-state index contributed by atoms with van der Waals surface area (Å²) in [6, 6.07) is 11.0.